The molecule has 1 fully saturated rings. The molecular formula is C33H38N4O2. The van der Waals surface area contributed by atoms with Crippen molar-refractivity contribution in [1.82, 2.24) is 15.2 Å². The summed E-state index contributed by atoms with van der Waals surface area (Å²) in [5.41, 5.74) is 7.30. The Hall–Kier alpha value is -3.69. The van der Waals surface area contributed by atoms with Crippen molar-refractivity contribution in [3.63, 3.8) is 0 Å². The summed E-state index contributed by atoms with van der Waals surface area (Å²) in [6.45, 7) is 3.96. The first-order valence-corrected chi connectivity index (χ1v) is 14.3. The van der Waals surface area contributed by atoms with E-state index in [-0.39, 0.29) is 5.91 Å². The molecule has 6 heteroatoms. The van der Waals surface area contributed by atoms with Gasteiger partial charge in [-0.25, -0.2) is 0 Å². The van der Waals surface area contributed by atoms with Gasteiger partial charge in [-0.1, -0.05) is 30.3 Å². The summed E-state index contributed by atoms with van der Waals surface area (Å²) in [7, 11) is 1.84. The van der Waals surface area contributed by atoms with Crippen LogP contribution >= 0.6 is 0 Å². The SMILES string of the molecule is COc1c(C2CCN(CCCCNC(=O)c3ccc(-c4ccc(C#N)cc4)cn3)CC2)ccc2c1CCCC2. The van der Waals surface area contributed by atoms with Gasteiger partial charge in [0.15, 0.2) is 0 Å². The lowest BCUT2D eigenvalue weighted by molar-refractivity contribution is 0.0947. The van der Waals surface area contributed by atoms with Crippen LogP contribution in [0.1, 0.15) is 77.2 Å². The maximum atomic E-state index is 12.5. The van der Waals surface area contributed by atoms with Gasteiger partial charge in [0.25, 0.3) is 5.91 Å². The molecule has 2 aromatic carbocycles. The molecule has 6 nitrogen and oxygen atoms in total. The van der Waals surface area contributed by atoms with Crippen molar-refractivity contribution in [2.24, 2.45) is 0 Å². The number of carbonyl (C=O) groups excluding carboxylic acids is 1. The molecule has 39 heavy (non-hydrogen) atoms. The summed E-state index contributed by atoms with van der Waals surface area (Å²) < 4.78 is 5.94. The summed E-state index contributed by atoms with van der Waals surface area (Å²) >= 11 is 0. The van der Waals surface area contributed by atoms with Crippen LogP contribution in [-0.4, -0.2) is 49.1 Å². The molecule has 5 rings (SSSR count). The Bertz CT molecular complexity index is 1300. The third-order valence-electron chi connectivity index (χ3n) is 8.27. The Labute approximate surface area is 232 Å². The molecule has 202 valence electrons. The van der Waals surface area contributed by atoms with Gasteiger partial charge in [-0.3, -0.25) is 9.78 Å². The second-order valence-electron chi connectivity index (χ2n) is 10.7. The number of nitrogens with one attached hydrogen (secondary N) is 1. The topological polar surface area (TPSA) is 78.2 Å². The van der Waals surface area contributed by atoms with Crippen LogP contribution in [0.4, 0.5) is 0 Å². The van der Waals surface area contributed by atoms with Crippen molar-refractivity contribution >= 4 is 5.91 Å². The molecule has 0 atom stereocenters. The lowest BCUT2D eigenvalue weighted by atomic mass is 9.83. The predicted octanol–water partition coefficient (Wildman–Crippen LogP) is 5.90. The van der Waals surface area contributed by atoms with Gasteiger partial charge in [-0.05, 0) is 117 Å². The van der Waals surface area contributed by atoms with E-state index in [1.165, 1.54) is 54.5 Å². The molecule has 2 heterocycles. The van der Waals surface area contributed by atoms with Crippen molar-refractivity contribution in [3.05, 3.63) is 82.7 Å². The number of aromatic nitrogens is 1. The number of hydrogen-bond acceptors (Lipinski definition) is 5. The fraction of sp³-hybridized carbons (Fsp3) is 0.424. The molecule has 0 radical (unpaired) electrons. The molecule has 1 aliphatic heterocycles. The van der Waals surface area contributed by atoms with Gasteiger partial charge in [0.05, 0.1) is 18.7 Å². The fourth-order valence-corrected chi connectivity index (χ4v) is 6.03. The number of aryl methyl sites for hydroxylation is 1. The summed E-state index contributed by atoms with van der Waals surface area (Å²) in [6, 6.07) is 17.8. The van der Waals surface area contributed by atoms with Gasteiger partial charge < -0.3 is 15.0 Å². The minimum Gasteiger partial charge on any atom is -0.496 e. The van der Waals surface area contributed by atoms with Crippen molar-refractivity contribution < 1.29 is 9.53 Å². The van der Waals surface area contributed by atoms with Crippen LogP contribution in [0.15, 0.2) is 54.7 Å². The zero-order valence-electron chi connectivity index (χ0n) is 22.9. The van der Waals surface area contributed by atoms with E-state index in [0.29, 0.717) is 23.7 Å². The number of nitrogens with zero attached hydrogens (tertiary/aromatic N) is 3. The third kappa shape index (κ3) is 6.49. The maximum absolute atomic E-state index is 12.5. The van der Waals surface area contributed by atoms with Crippen LogP contribution in [0, 0.1) is 11.3 Å². The second-order valence-corrected chi connectivity index (χ2v) is 10.7. The number of pyridine rings is 1. The molecule has 1 amide bonds. The monoisotopic (exact) mass is 522 g/mol. The number of piperidine rings is 1. The maximum Gasteiger partial charge on any atom is 0.269 e. The Morgan fingerprint density at radius 3 is 2.51 bits per heavy atom. The average Bonchev–Trinajstić information content (AvgIpc) is 3.00. The first kappa shape index (κ1) is 26.9. The standard InChI is InChI=1S/C33H38N4O2/c1-39-32-29-7-3-2-6-26(29)12-14-30(32)27-16-20-37(21-17-27)19-5-4-18-35-33(38)31-15-13-28(23-36-31)25-10-8-24(22-34)9-11-25/h8-15,23,27H,2-7,16-21H2,1H3,(H,35,38). The minimum atomic E-state index is -0.138. The van der Waals surface area contributed by atoms with Crippen LogP contribution in [0.5, 0.6) is 5.75 Å². The number of carbonyl (C=O) groups is 1. The second kappa shape index (κ2) is 12.9. The number of fused-ring (bicyclic) bond motifs is 1. The summed E-state index contributed by atoms with van der Waals surface area (Å²) in [5.74, 6) is 1.61. The first-order chi connectivity index (χ1) is 19.2. The average molecular weight is 523 g/mol. The Kier molecular flexibility index (Phi) is 8.90. The van der Waals surface area contributed by atoms with Gasteiger partial charge in [0.1, 0.15) is 11.4 Å². The van der Waals surface area contributed by atoms with E-state index < -0.39 is 0 Å². The summed E-state index contributed by atoms with van der Waals surface area (Å²) in [6.07, 6.45) is 11.0. The number of benzene rings is 2. The number of rotatable bonds is 9. The molecule has 0 unspecified atom stereocenters. The van der Waals surface area contributed by atoms with E-state index in [0.717, 1.165) is 50.0 Å². The molecule has 1 saturated heterocycles. The summed E-state index contributed by atoms with van der Waals surface area (Å²) in [4.78, 5) is 19.4. The normalized spacial score (nSPS) is 15.8. The van der Waals surface area contributed by atoms with Crippen LogP contribution in [-0.2, 0) is 12.8 Å². The fourth-order valence-electron chi connectivity index (χ4n) is 6.03. The van der Waals surface area contributed by atoms with Crippen LogP contribution in [0.2, 0.25) is 0 Å². The number of nitriles is 1. The van der Waals surface area contributed by atoms with Crippen molar-refractivity contribution in [3.8, 4) is 22.9 Å². The zero-order chi connectivity index (χ0) is 27.0. The van der Waals surface area contributed by atoms with E-state index in [1.807, 2.05) is 25.3 Å². The van der Waals surface area contributed by atoms with E-state index in [2.05, 4.69) is 33.4 Å². The van der Waals surface area contributed by atoms with Crippen molar-refractivity contribution in [2.45, 2.75) is 57.3 Å². The highest BCUT2D eigenvalue weighted by Crippen LogP contribution is 2.40. The highest BCUT2D eigenvalue weighted by atomic mass is 16.5. The Morgan fingerprint density at radius 1 is 1.03 bits per heavy atom. The van der Waals surface area contributed by atoms with E-state index in [4.69, 9.17) is 10.00 Å². The van der Waals surface area contributed by atoms with Gasteiger partial charge in [0, 0.05) is 18.3 Å². The number of amides is 1. The van der Waals surface area contributed by atoms with Crippen LogP contribution in [0.3, 0.4) is 0 Å². The first-order valence-electron chi connectivity index (χ1n) is 14.3. The van der Waals surface area contributed by atoms with Gasteiger partial charge in [0.2, 0.25) is 0 Å². The molecule has 2 aliphatic rings. The van der Waals surface area contributed by atoms with E-state index in [1.54, 1.807) is 24.4 Å². The number of ether oxygens (including phenoxy) is 1. The largest absolute Gasteiger partial charge is 0.496 e. The number of methoxy groups -OCH3 is 1. The Balaban J connectivity index is 1.02. The van der Waals surface area contributed by atoms with Gasteiger partial charge in [-0.15, -0.1) is 0 Å². The lowest BCUT2D eigenvalue weighted by Gasteiger charge is -2.33. The molecule has 1 N–H and O–H groups in total. The van der Waals surface area contributed by atoms with E-state index in [9.17, 15) is 4.79 Å². The molecule has 3 aromatic rings. The van der Waals surface area contributed by atoms with Crippen molar-refractivity contribution in [2.75, 3.05) is 33.3 Å². The Morgan fingerprint density at radius 2 is 1.79 bits per heavy atom. The molecule has 0 bridgehead atoms. The van der Waals surface area contributed by atoms with Crippen LogP contribution < -0.4 is 10.1 Å². The third-order valence-corrected chi connectivity index (χ3v) is 8.27. The quantitative estimate of drug-likeness (QED) is 0.354. The molecule has 0 saturated carbocycles. The molecular weight excluding hydrogens is 484 g/mol. The number of unbranched alkanes of at least 4 members (excludes halogenated alkanes) is 1. The zero-order valence-corrected chi connectivity index (χ0v) is 22.9. The summed E-state index contributed by atoms with van der Waals surface area (Å²) in [5, 5.41) is 12.0. The smallest absolute Gasteiger partial charge is 0.269 e. The number of hydrogen-bond donors (Lipinski definition) is 1. The highest BCUT2D eigenvalue weighted by molar-refractivity contribution is 5.92. The molecule has 1 aromatic heterocycles. The lowest BCUT2D eigenvalue weighted by Crippen LogP contribution is -2.34. The highest BCUT2D eigenvalue weighted by Gasteiger charge is 2.26. The number of likely N-dealkylation sites (tertiary alicyclic amines) is 1. The van der Waals surface area contributed by atoms with Gasteiger partial charge >= 0.3 is 0 Å². The van der Waals surface area contributed by atoms with Gasteiger partial charge in [-0.2, -0.15) is 5.26 Å². The van der Waals surface area contributed by atoms with E-state index >= 15 is 0 Å². The minimum absolute atomic E-state index is 0.138. The predicted molar refractivity (Wildman–Crippen MR) is 154 cm³/mol. The molecule has 0 spiro atoms. The molecule has 1 aliphatic carbocycles. The van der Waals surface area contributed by atoms with Crippen LogP contribution in [0.25, 0.3) is 11.1 Å². The van der Waals surface area contributed by atoms with Crippen molar-refractivity contribution in [1.29, 1.82) is 5.26 Å².